The molecule has 1 unspecified atom stereocenters. The van der Waals surface area contributed by atoms with Crippen LogP contribution in [-0.2, 0) is 10.0 Å². The lowest BCUT2D eigenvalue weighted by molar-refractivity contribution is 0.261. The smallest absolute Gasteiger partial charge is 0.262 e. The molecule has 20 heavy (non-hydrogen) atoms. The van der Waals surface area contributed by atoms with Crippen molar-refractivity contribution in [3.05, 3.63) is 16.7 Å². The number of imidazole rings is 1. The van der Waals surface area contributed by atoms with Crippen molar-refractivity contribution < 1.29 is 8.42 Å². The first kappa shape index (κ1) is 14.3. The van der Waals surface area contributed by atoms with Gasteiger partial charge in [0.2, 0.25) is 0 Å². The lowest BCUT2D eigenvalue weighted by atomic mass is 9.97. The van der Waals surface area contributed by atoms with Crippen LogP contribution in [0.3, 0.4) is 0 Å². The molecule has 1 aliphatic heterocycles. The van der Waals surface area contributed by atoms with E-state index in [-0.39, 0.29) is 10.2 Å². The summed E-state index contributed by atoms with van der Waals surface area (Å²) in [4.78, 5) is 4.72. The minimum atomic E-state index is -3.58. The van der Waals surface area contributed by atoms with E-state index in [1.54, 1.807) is 14.9 Å². The highest BCUT2D eigenvalue weighted by Crippen LogP contribution is 2.30. The fourth-order valence-corrected chi connectivity index (χ4v) is 5.63. The number of rotatable bonds is 3. The molecular weight excluding hydrogens is 318 g/mol. The molecule has 3 rings (SSSR count). The Morgan fingerprint density at radius 1 is 1.55 bits per heavy atom. The van der Waals surface area contributed by atoms with Gasteiger partial charge in [-0.05, 0) is 18.8 Å². The molecule has 2 aromatic heterocycles. The van der Waals surface area contributed by atoms with Crippen molar-refractivity contribution in [3.8, 4) is 0 Å². The Labute approximate surface area is 127 Å². The number of halogens is 1. The minimum absolute atomic E-state index is 0.0653. The summed E-state index contributed by atoms with van der Waals surface area (Å²) in [6, 6.07) is 0. The second-order valence-electron chi connectivity index (χ2n) is 5.04. The van der Waals surface area contributed by atoms with Crippen LogP contribution in [0.4, 0.5) is 0 Å². The summed E-state index contributed by atoms with van der Waals surface area (Å²) in [5.74, 6) is 0.434. The third kappa shape index (κ3) is 2.26. The molecule has 0 amide bonds. The Balaban J connectivity index is 2.03. The molecule has 1 fully saturated rings. The number of fused-ring (bicyclic) bond motifs is 1. The van der Waals surface area contributed by atoms with Crippen LogP contribution in [-0.4, -0.2) is 35.2 Å². The first-order chi connectivity index (χ1) is 9.54. The summed E-state index contributed by atoms with van der Waals surface area (Å²) in [5, 5.41) is 1.98. The molecule has 0 radical (unpaired) electrons. The first-order valence-electron chi connectivity index (χ1n) is 6.65. The minimum Gasteiger partial charge on any atom is -0.279 e. The zero-order valence-corrected chi connectivity index (χ0v) is 13.5. The van der Waals surface area contributed by atoms with Crippen LogP contribution in [0.15, 0.2) is 16.6 Å². The lowest BCUT2D eigenvalue weighted by Gasteiger charge is -2.31. The van der Waals surface area contributed by atoms with Crippen molar-refractivity contribution in [2.24, 2.45) is 5.92 Å². The molecule has 5 nitrogen and oxygen atoms in total. The number of nitrogens with zero attached hydrogens (tertiary/aromatic N) is 3. The molecule has 0 bridgehead atoms. The summed E-state index contributed by atoms with van der Waals surface area (Å²) >= 11 is 7.43. The van der Waals surface area contributed by atoms with Gasteiger partial charge in [0.25, 0.3) is 10.0 Å². The fraction of sp³-hybridized carbons (Fsp3) is 0.583. The van der Waals surface area contributed by atoms with Crippen LogP contribution in [0.25, 0.3) is 4.96 Å². The van der Waals surface area contributed by atoms with Crippen LogP contribution in [0, 0.1) is 5.92 Å². The van der Waals surface area contributed by atoms with Gasteiger partial charge in [-0.3, -0.25) is 4.40 Å². The van der Waals surface area contributed by atoms with Crippen molar-refractivity contribution in [1.82, 2.24) is 13.7 Å². The molecule has 0 aliphatic carbocycles. The SMILES string of the molecule is CCC1CCCN(S(=O)(=O)c2c(Cl)nc3sccn23)C1. The molecule has 1 aliphatic rings. The second-order valence-corrected chi connectivity index (χ2v) is 8.13. The summed E-state index contributed by atoms with van der Waals surface area (Å²) in [6.45, 7) is 3.24. The number of thiazole rings is 1. The monoisotopic (exact) mass is 333 g/mol. The molecule has 2 aromatic rings. The van der Waals surface area contributed by atoms with Gasteiger partial charge in [0.1, 0.15) is 0 Å². The Hall–Kier alpha value is -0.630. The van der Waals surface area contributed by atoms with Crippen molar-refractivity contribution in [1.29, 1.82) is 0 Å². The van der Waals surface area contributed by atoms with E-state index in [0.717, 1.165) is 19.3 Å². The van der Waals surface area contributed by atoms with E-state index in [2.05, 4.69) is 11.9 Å². The summed E-state index contributed by atoms with van der Waals surface area (Å²) in [6.07, 6.45) is 4.70. The zero-order chi connectivity index (χ0) is 14.3. The average molecular weight is 334 g/mol. The van der Waals surface area contributed by atoms with Gasteiger partial charge in [-0.1, -0.05) is 24.9 Å². The summed E-state index contributed by atoms with van der Waals surface area (Å²) in [7, 11) is -3.58. The molecule has 0 spiro atoms. The Bertz CT molecular complexity index is 722. The van der Waals surface area contributed by atoms with Gasteiger partial charge in [-0.2, -0.15) is 4.31 Å². The highest BCUT2D eigenvalue weighted by molar-refractivity contribution is 7.89. The van der Waals surface area contributed by atoms with Gasteiger partial charge in [0.15, 0.2) is 15.1 Å². The Morgan fingerprint density at radius 2 is 2.35 bits per heavy atom. The maximum Gasteiger partial charge on any atom is 0.262 e. The van der Waals surface area contributed by atoms with E-state index < -0.39 is 10.0 Å². The van der Waals surface area contributed by atoms with E-state index in [4.69, 9.17) is 11.6 Å². The molecule has 1 saturated heterocycles. The fourth-order valence-electron chi connectivity index (χ4n) is 2.67. The topological polar surface area (TPSA) is 54.7 Å². The Kier molecular flexibility index (Phi) is 3.79. The third-order valence-electron chi connectivity index (χ3n) is 3.82. The number of hydrogen-bond donors (Lipinski definition) is 0. The molecule has 3 heterocycles. The van der Waals surface area contributed by atoms with Gasteiger partial charge in [0, 0.05) is 24.7 Å². The van der Waals surface area contributed by atoms with E-state index in [1.807, 2.05) is 5.38 Å². The maximum absolute atomic E-state index is 12.8. The largest absolute Gasteiger partial charge is 0.279 e. The molecule has 0 N–H and O–H groups in total. The second kappa shape index (κ2) is 5.29. The summed E-state index contributed by atoms with van der Waals surface area (Å²) in [5.41, 5.74) is 0. The highest BCUT2D eigenvalue weighted by atomic mass is 35.5. The van der Waals surface area contributed by atoms with E-state index in [0.29, 0.717) is 24.0 Å². The van der Waals surface area contributed by atoms with Crippen molar-refractivity contribution in [2.75, 3.05) is 13.1 Å². The molecule has 1 atom stereocenters. The third-order valence-corrected chi connectivity index (χ3v) is 6.84. The van der Waals surface area contributed by atoms with Crippen LogP contribution in [0.5, 0.6) is 0 Å². The highest BCUT2D eigenvalue weighted by Gasteiger charge is 2.34. The van der Waals surface area contributed by atoms with Crippen LogP contribution < -0.4 is 0 Å². The van der Waals surface area contributed by atoms with Gasteiger partial charge < -0.3 is 0 Å². The van der Waals surface area contributed by atoms with Crippen molar-refractivity contribution in [2.45, 2.75) is 31.2 Å². The molecule has 0 saturated carbocycles. The summed E-state index contributed by atoms with van der Waals surface area (Å²) < 4.78 is 28.8. The van der Waals surface area contributed by atoms with Gasteiger partial charge in [-0.15, -0.1) is 11.3 Å². The Morgan fingerprint density at radius 3 is 3.10 bits per heavy atom. The van der Waals surface area contributed by atoms with Crippen molar-refractivity contribution in [3.63, 3.8) is 0 Å². The van der Waals surface area contributed by atoms with E-state index in [9.17, 15) is 8.42 Å². The lowest BCUT2D eigenvalue weighted by Crippen LogP contribution is -2.40. The normalized spacial score (nSPS) is 21.6. The quantitative estimate of drug-likeness (QED) is 0.867. The number of piperidine rings is 1. The first-order valence-corrected chi connectivity index (χ1v) is 9.35. The van der Waals surface area contributed by atoms with Gasteiger partial charge in [0.05, 0.1) is 0 Å². The van der Waals surface area contributed by atoms with Crippen LogP contribution >= 0.6 is 22.9 Å². The standard InChI is InChI=1S/C12H16ClN3O2S2/c1-2-9-4-3-5-15(8-9)20(17,18)11-10(13)14-12-16(11)6-7-19-12/h6-7,9H,2-5,8H2,1H3. The van der Waals surface area contributed by atoms with E-state index in [1.165, 1.54) is 11.3 Å². The maximum atomic E-state index is 12.8. The zero-order valence-electron chi connectivity index (χ0n) is 11.1. The van der Waals surface area contributed by atoms with E-state index >= 15 is 0 Å². The van der Waals surface area contributed by atoms with Crippen molar-refractivity contribution >= 4 is 37.9 Å². The van der Waals surface area contributed by atoms with Gasteiger partial charge >= 0.3 is 0 Å². The predicted octanol–water partition coefficient (Wildman–Crippen LogP) is 2.86. The number of sulfonamides is 1. The number of hydrogen-bond acceptors (Lipinski definition) is 4. The van der Waals surface area contributed by atoms with Gasteiger partial charge in [-0.25, -0.2) is 13.4 Å². The molecule has 0 aromatic carbocycles. The molecular formula is C12H16ClN3O2S2. The average Bonchev–Trinajstić information content (AvgIpc) is 2.98. The molecule has 8 heteroatoms. The van der Waals surface area contributed by atoms with Crippen LogP contribution in [0.1, 0.15) is 26.2 Å². The molecule has 110 valence electrons. The predicted molar refractivity (Wildman–Crippen MR) is 79.9 cm³/mol. The van der Waals surface area contributed by atoms with Crippen LogP contribution in [0.2, 0.25) is 5.15 Å². The number of aromatic nitrogens is 2.